The van der Waals surface area contributed by atoms with Crippen molar-refractivity contribution in [1.82, 2.24) is 4.98 Å². The summed E-state index contributed by atoms with van der Waals surface area (Å²) in [6.07, 6.45) is 2.81. The average molecular weight is 338 g/mol. The lowest BCUT2D eigenvalue weighted by Crippen LogP contribution is -1.99. The van der Waals surface area contributed by atoms with Gasteiger partial charge in [-0.3, -0.25) is 0 Å². The number of nitrogens with two attached hydrogens (primary N) is 1. The monoisotopic (exact) mass is 338 g/mol. The number of hydrogen-bond donors (Lipinski definition) is 1. The van der Waals surface area contributed by atoms with Crippen molar-refractivity contribution in [2.45, 2.75) is 4.90 Å². The van der Waals surface area contributed by atoms with Gasteiger partial charge in [0.05, 0.1) is 22.4 Å². The van der Waals surface area contributed by atoms with Crippen LogP contribution in [0.3, 0.4) is 0 Å². The van der Waals surface area contributed by atoms with E-state index in [9.17, 15) is 8.42 Å². The number of benzene rings is 2. The van der Waals surface area contributed by atoms with Gasteiger partial charge in [-0.1, -0.05) is 12.1 Å². The number of sulfone groups is 1. The number of aromatic nitrogens is 1. The number of hydrogen-bond acceptors (Lipinski definition) is 5. The Labute approximate surface area is 138 Å². The zero-order chi connectivity index (χ0) is 16.9. The Morgan fingerprint density at radius 1 is 1.04 bits per heavy atom. The van der Waals surface area contributed by atoms with Gasteiger partial charge in [-0.25, -0.2) is 13.4 Å². The molecule has 0 saturated carbocycles. The molecule has 24 heavy (non-hydrogen) atoms. The van der Waals surface area contributed by atoms with Crippen LogP contribution in [0.4, 0.5) is 5.69 Å². The van der Waals surface area contributed by atoms with Gasteiger partial charge < -0.3 is 10.2 Å². The normalized spacial score (nSPS) is 12.0. The van der Waals surface area contributed by atoms with Gasteiger partial charge in [0.1, 0.15) is 5.58 Å². The number of nitrogens with zero attached hydrogens (tertiary/aromatic N) is 1. The fourth-order valence-corrected chi connectivity index (χ4v) is 3.46. The minimum atomic E-state index is -3.29. The smallest absolute Gasteiger partial charge is 0.175 e. The SMILES string of the molecule is CS(=O)(=O)c1ccc2nc(-c3cccc4occc34)cc(N)c2c1. The topological polar surface area (TPSA) is 86.2 Å². The van der Waals surface area contributed by atoms with E-state index in [1.165, 1.54) is 6.26 Å². The van der Waals surface area contributed by atoms with Crippen molar-refractivity contribution in [3.8, 4) is 11.3 Å². The van der Waals surface area contributed by atoms with Crippen LogP contribution in [0.25, 0.3) is 33.1 Å². The van der Waals surface area contributed by atoms with Crippen LogP contribution < -0.4 is 5.73 Å². The van der Waals surface area contributed by atoms with Gasteiger partial charge in [-0.15, -0.1) is 0 Å². The first-order valence-corrected chi connectivity index (χ1v) is 9.19. The van der Waals surface area contributed by atoms with E-state index in [0.29, 0.717) is 16.6 Å². The van der Waals surface area contributed by atoms with Crippen molar-refractivity contribution in [3.63, 3.8) is 0 Å². The molecule has 2 N–H and O–H groups in total. The molecule has 0 unspecified atom stereocenters. The van der Waals surface area contributed by atoms with Crippen LogP contribution in [0, 0.1) is 0 Å². The molecule has 2 aromatic heterocycles. The fourth-order valence-electron chi connectivity index (χ4n) is 2.82. The first-order chi connectivity index (χ1) is 11.4. The average Bonchev–Trinajstić information content (AvgIpc) is 3.02. The van der Waals surface area contributed by atoms with Crippen LogP contribution in [-0.4, -0.2) is 19.7 Å². The van der Waals surface area contributed by atoms with Gasteiger partial charge in [0.2, 0.25) is 0 Å². The Morgan fingerprint density at radius 3 is 2.67 bits per heavy atom. The van der Waals surface area contributed by atoms with E-state index < -0.39 is 9.84 Å². The summed E-state index contributed by atoms with van der Waals surface area (Å²) in [5.74, 6) is 0. The maximum atomic E-state index is 11.7. The van der Waals surface area contributed by atoms with E-state index in [0.717, 1.165) is 22.2 Å². The molecular weight excluding hydrogens is 324 g/mol. The summed E-state index contributed by atoms with van der Waals surface area (Å²) in [7, 11) is -3.29. The molecule has 5 nitrogen and oxygen atoms in total. The highest BCUT2D eigenvalue weighted by Crippen LogP contribution is 2.32. The molecule has 6 heteroatoms. The molecule has 0 aliphatic rings. The van der Waals surface area contributed by atoms with Crippen molar-refractivity contribution in [3.05, 3.63) is 54.8 Å². The molecule has 4 aromatic rings. The van der Waals surface area contributed by atoms with Crippen LogP contribution in [0.2, 0.25) is 0 Å². The fraction of sp³-hybridized carbons (Fsp3) is 0.0556. The molecule has 0 atom stereocenters. The number of pyridine rings is 1. The van der Waals surface area contributed by atoms with Crippen molar-refractivity contribution in [1.29, 1.82) is 0 Å². The third-order valence-electron chi connectivity index (χ3n) is 4.01. The predicted octanol–water partition coefficient (Wildman–Crippen LogP) is 3.63. The second-order valence-electron chi connectivity index (χ2n) is 5.69. The molecule has 0 bridgehead atoms. The highest BCUT2D eigenvalue weighted by Gasteiger charge is 2.13. The van der Waals surface area contributed by atoms with Crippen LogP contribution >= 0.6 is 0 Å². The van der Waals surface area contributed by atoms with Crippen molar-refractivity contribution in [2.24, 2.45) is 0 Å². The maximum absolute atomic E-state index is 11.7. The number of anilines is 1. The molecular formula is C18H14N2O3S. The minimum Gasteiger partial charge on any atom is -0.464 e. The van der Waals surface area contributed by atoms with Crippen LogP contribution in [0.1, 0.15) is 0 Å². The lowest BCUT2D eigenvalue weighted by molar-refractivity contribution is 0.602. The summed E-state index contributed by atoms with van der Waals surface area (Å²) in [5.41, 5.74) is 9.72. The minimum absolute atomic E-state index is 0.230. The Hall–Kier alpha value is -2.86. The zero-order valence-electron chi connectivity index (χ0n) is 12.9. The predicted molar refractivity (Wildman–Crippen MR) is 94.5 cm³/mol. The molecule has 0 amide bonds. The quantitative estimate of drug-likeness (QED) is 0.603. The summed E-state index contributed by atoms with van der Waals surface area (Å²) in [6.45, 7) is 0. The summed E-state index contributed by atoms with van der Waals surface area (Å²) in [5, 5.41) is 1.58. The second kappa shape index (κ2) is 5.07. The lowest BCUT2D eigenvalue weighted by atomic mass is 10.0. The molecule has 120 valence electrons. The van der Waals surface area contributed by atoms with Gasteiger partial charge in [0, 0.05) is 28.3 Å². The van der Waals surface area contributed by atoms with Crippen molar-refractivity contribution in [2.75, 3.05) is 12.0 Å². The Bertz CT molecular complexity index is 1190. The zero-order valence-corrected chi connectivity index (χ0v) is 13.7. The van der Waals surface area contributed by atoms with Crippen molar-refractivity contribution < 1.29 is 12.8 Å². The summed E-state index contributed by atoms with van der Waals surface area (Å²) < 4.78 is 28.9. The Balaban J connectivity index is 1.97. The first kappa shape index (κ1) is 14.7. The van der Waals surface area contributed by atoms with Gasteiger partial charge in [0.25, 0.3) is 0 Å². The van der Waals surface area contributed by atoms with Crippen LogP contribution in [0.15, 0.2) is 64.1 Å². The number of nitrogen functional groups attached to an aromatic ring is 1. The van der Waals surface area contributed by atoms with E-state index >= 15 is 0 Å². The largest absolute Gasteiger partial charge is 0.464 e. The third-order valence-corrected chi connectivity index (χ3v) is 5.12. The standard InChI is InChI=1S/C18H14N2O3S/c1-24(21,22)11-5-6-16-14(9-11)15(19)10-17(20-16)12-3-2-4-18-13(12)7-8-23-18/h2-10H,1H3,(H2,19,20). The van der Waals surface area contributed by atoms with Gasteiger partial charge in [-0.05, 0) is 36.4 Å². The van der Waals surface area contributed by atoms with Crippen molar-refractivity contribution >= 4 is 37.4 Å². The van der Waals surface area contributed by atoms with Gasteiger partial charge in [0.15, 0.2) is 9.84 Å². The number of fused-ring (bicyclic) bond motifs is 2. The van der Waals surface area contributed by atoms with E-state index in [2.05, 4.69) is 4.98 Å². The second-order valence-corrected chi connectivity index (χ2v) is 7.70. The van der Waals surface area contributed by atoms with Crippen LogP contribution in [0.5, 0.6) is 0 Å². The first-order valence-electron chi connectivity index (χ1n) is 7.30. The van der Waals surface area contributed by atoms with E-state index in [1.807, 2.05) is 24.3 Å². The summed E-state index contributed by atoms with van der Waals surface area (Å²) >= 11 is 0. The highest BCUT2D eigenvalue weighted by atomic mass is 32.2. The molecule has 2 aromatic carbocycles. The van der Waals surface area contributed by atoms with Crippen LogP contribution in [-0.2, 0) is 9.84 Å². The maximum Gasteiger partial charge on any atom is 0.175 e. The Morgan fingerprint density at radius 2 is 1.88 bits per heavy atom. The summed E-state index contributed by atoms with van der Waals surface area (Å²) in [6, 6.07) is 14.2. The number of furan rings is 1. The van der Waals surface area contributed by atoms with E-state index in [4.69, 9.17) is 10.2 Å². The van der Waals surface area contributed by atoms with Gasteiger partial charge in [-0.2, -0.15) is 0 Å². The molecule has 0 fully saturated rings. The number of rotatable bonds is 2. The molecule has 0 spiro atoms. The molecule has 2 heterocycles. The molecule has 4 rings (SSSR count). The van der Waals surface area contributed by atoms with Gasteiger partial charge >= 0.3 is 0 Å². The molecule has 0 aliphatic carbocycles. The highest BCUT2D eigenvalue weighted by molar-refractivity contribution is 7.90. The Kier molecular flexibility index (Phi) is 3.11. The van der Waals surface area contributed by atoms with E-state index in [1.54, 1.807) is 30.5 Å². The molecule has 0 saturated heterocycles. The third kappa shape index (κ3) is 2.32. The van der Waals surface area contributed by atoms with E-state index in [-0.39, 0.29) is 4.90 Å². The summed E-state index contributed by atoms with van der Waals surface area (Å²) in [4.78, 5) is 4.87. The lowest BCUT2D eigenvalue weighted by Gasteiger charge is -2.09. The molecule has 0 radical (unpaired) electrons. The molecule has 0 aliphatic heterocycles.